The van der Waals surface area contributed by atoms with Crippen LogP contribution < -0.4 is 5.32 Å². The molecule has 5 heteroatoms. The maximum atomic E-state index is 12.1. The maximum absolute atomic E-state index is 12.1. The highest BCUT2D eigenvalue weighted by Crippen LogP contribution is 2.25. The van der Waals surface area contributed by atoms with Crippen molar-refractivity contribution in [1.29, 1.82) is 0 Å². The first-order chi connectivity index (χ1) is 11.7. The Balaban J connectivity index is 1.51. The van der Waals surface area contributed by atoms with Crippen LogP contribution in [-0.4, -0.2) is 22.5 Å². The highest BCUT2D eigenvalue weighted by atomic mass is 32.1. The van der Waals surface area contributed by atoms with E-state index in [1.165, 1.54) is 16.9 Å². The fourth-order valence-electron chi connectivity index (χ4n) is 2.34. The molecule has 0 fully saturated rings. The monoisotopic (exact) mass is 338 g/mol. The van der Waals surface area contributed by atoms with Gasteiger partial charge in [0.15, 0.2) is 0 Å². The van der Waals surface area contributed by atoms with Crippen LogP contribution in [0.4, 0.5) is 0 Å². The van der Waals surface area contributed by atoms with E-state index >= 15 is 0 Å². The van der Waals surface area contributed by atoms with Crippen molar-refractivity contribution in [1.82, 2.24) is 10.3 Å². The predicted molar refractivity (Wildman–Crippen MR) is 96.3 cm³/mol. The van der Waals surface area contributed by atoms with Crippen molar-refractivity contribution in [2.45, 2.75) is 12.8 Å². The van der Waals surface area contributed by atoms with Gasteiger partial charge in [0.2, 0.25) is 0 Å². The zero-order valence-corrected chi connectivity index (χ0v) is 13.9. The van der Waals surface area contributed by atoms with Crippen molar-refractivity contribution >= 4 is 17.2 Å². The van der Waals surface area contributed by atoms with Crippen LogP contribution in [0.1, 0.15) is 22.5 Å². The van der Waals surface area contributed by atoms with Crippen molar-refractivity contribution in [3.05, 3.63) is 71.2 Å². The number of hydrogen-bond donors (Lipinski definition) is 2. The molecule has 3 aromatic rings. The number of amides is 1. The molecule has 0 atom stereocenters. The molecule has 4 nitrogen and oxygen atoms in total. The number of aromatic nitrogens is 1. The lowest BCUT2D eigenvalue weighted by Gasteiger charge is -2.03. The summed E-state index contributed by atoms with van der Waals surface area (Å²) in [5.74, 6) is 0.0658. The van der Waals surface area contributed by atoms with Crippen LogP contribution in [0.15, 0.2) is 60.0 Å². The number of phenols is 1. The van der Waals surface area contributed by atoms with Crippen LogP contribution >= 0.6 is 11.3 Å². The first kappa shape index (κ1) is 16.2. The number of hydrogen-bond acceptors (Lipinski definition) is 4. The molecule has 1 amide bonds. The summed E-state index contributed by atoms with van der Waals surface area (Å²) in [6.07, 6.45) is 1.83. The Labute approximate surface area is 144 Å². The van der Waals surface area contributed by atoms with Crippen molar-refractivity contribution < 1.29 is 9.90 Å². The molecule has 24 heavy (non-hydrogen) atoms. The van der Waals surface area contributed by atoms with E-state index in [4.69, 9.17) is 0 Å². The van der Waals surface area contributed by atoms with E-state index in [1.807, 2.05) is 18.2 Å². The van der Waals surface area contributed by atoms with Gasteiger partial charge in [0, 0.05) is 17.5 Å². The van der Waals surface area contributed by atoms with Crippen molar-refractivity contribution in [3.8, 4) is 16.3 Å². The maximum Gasteiger partial charge on any atom is 0.270 e. The van der Waals surface area contributed by atoms with E-state index in [0.717, 1.165) is 23.4 Å². The lowest BCUT2D eigenvalue weighted by atomic mass is 10.1. The van der Waals surface area contributed by atoms with Crippen LogP contribution in [0.3, 0.4) is 0 Å². The van der Waals surface area contributed by atoms with Crippen LogP contribution in [0, 0.1) is 0 Å². The van der Waals surface area contributed by atoms with Gasteiger partial charge in [0.25, 0.3) is 5.91 Å². The van der Waals surface area contributed by atoms with Crippen LogP contribution in [0.5, 0.6) is 5.75 Å². The van der Waals surface area contributed by atoms with Gasteiger partial charge >= 0.3 is 0 Å². The van der Waals surface area contributed by atoms with Gasteiger partial charge in [-0.25, -0.2) is 4.98 Å². The van der Waals surface area contributed by atoms with Gasteiger partial charge < -0.3 is 10.4 Å². The van der Waals surface area contributed by atoms with Crippen LogP contribution in [-0.2, 0) is 6.42 Å². The normalized spacial score (nSPS) is 10.5. The van der Waals surface area contributed by atoms with Gasteiger partial charge in [-0.15, -0.1) is 11.3 Å². The number of carbonyl (C=O) groups excluding carboxylic acids is 1. The van der Waals surface area contributed by atoms with Gasteiger partial charge in [0.05, 0.1) is 0 Å². The summed E-state index contributed by atoms with van der Waals surface area (Å²) < 4.78 is 0. The fourth-order valence-corrected chi connectivity index (χ4v) is 3.15. The molecule has 0 radical (unpaired) electrons. The predicted octanol–water partition coefficient (Wildman–Crippen LogP) is 3.88. The minimum absolute atomic E-state index is 0.149. The summed E-state index contributed by atoms with van der Waals surface area (Å²) in [6, 6.07) is 17.0. The number of aryl methyl sites for hydroxylation is 1. The Hall–Kier alpha value is -2.66. The number of aromatic hydroxyl groups is 1. The summed E-state index contributed by atoms with van der Waals surface area (Å²) in [4.78, 5) is 16.5. The zero-order valence-electron chi connectivity index (χ0n) is 13.1. The van der Waals surface area contributed by atoms with E-state index in [1.54, 1.807) is 29.6 Å². The third kappa shape index (κ3) is 4.20. The molecule has 0 spiro atoms. The van der Waals surface area contributed by atoms with Gasteiger partial charge in [-0.3, -0.25) is 4.79 Å². The highest BCUT2D eigenvalue weighted by molar-refractivity contribution is 7.13. The summed E-state index contributed by atoms with van der Waals surface area (Å²) in [7, 11) is 0. The first-order valence-electron chi connectivity index (χ1n) is 7.79. The van der Waals surface area contributed by atoms with E-state index in [9.17, 15) is 9.90 Å². The standard InChI is InChI=1S/C19H18N2O2S/c22-16-10-8-15(9-11-16)19-21-17(13-24-19)18(23)20-12-4-7-14-5-2-1-3-6-14/h1-3,5-6,8-11,13,22H,4,7,12H2,(H,20,23). The van der Waals surface area contributed by atoms with Gasteiger partial charge in [-0.1, -0.05) is 30.3 Å². The molecule has 0 aliphatic rings. The number of nitrogens with one attached hydrogen (secondary N) is 1. The molecule has 1 aromatic heterocycles. The minimum atomic E-state index is -0.149. The van der Waals surface area contributed by atoms with Crippen molar-refractivity contribution in [2.75, 3.05) is 6.54 Å². The first-order valence-corrected chi connectivity index (χ1v) is 8.67. The Morgan fingerprint density at radius 1 is 1.08 bits per heavy atom. The number of nitrogens with zero attached hydrogens (tertiary/aromatic N) is 1. The van der Waals surface area contributed by atoms with Gasteiger partial charge in [-0.2, -0.15) is 0 Å². The fraction of sp³-hybridized carbons (Fsp3) is 0.158. The summed E-state index contributed by atoms with van der Waals surface area (Å²) in [5, 5.41) is 14.8. The Morgan fingerprint density at radius 3 is 2.58 bits per heavy atom. The molecule has 1 heterocycles. The average Bonchev–Trinajstić information content (AvgIpc) is 3.10. The SMILES string of the molecule is O=C(NCCCc1ccccc1)c1csc(-c2ccc(O)cc2)n1. The lowest BCUT2D eigenvalue weighted by molar-refractivity contribution is 0.0949. The van der Waals surface area contributed by atoms with Crippen LogP contribution in [0.25, 0.3) is 10.6 Å². The second kappa shape index (κ2) is 7.75. The minimum Gasteiger partial charge on any atom is -0.508 e. The van der Waals surface area contributed by atoms with Gasteiger partial charge in [-0.05, 0) is 42.7 Å². The molecule has 0 unspecified atom stereocenters. The molecular formula is C19H18N2O2S. The number of benzene rings is 2. The zero-order chi connectivity index (χ0) is 16.8. The number of phenolic OH excluding ortho intramolecular Hbond substituents is 1. The van der Waals surface area contributed by atoms with Crippen molar-refractivity contribution in [3.63, 3.8) is 0 Å². The van der Waals surface area contributed by atoms with E-state index < -0.39 is 0 Å². The number of thiazole rings is 1. The second-order valence-corrected chi connectivity index (χ2v) is 6.29. The molecular weight excluding hydrogens is 320 g/mol. The largest absolute Gasteiger partial charge is 0.508 e. The molecule has 2 aromatic carbocycles. The van der Waals surface area contributed by atoms with E-state index in [2.05, 4.69) is 22.4 Å². The summed E-state index contributed by atoms with van der Waals surface area (Å²) in [6.45, 7) is 0.625. The molecule has 0 aliphatic heterocycles. The highest BCUT2D eigenvalue weighted by Gasteiger charge is 2.11. The quantitative estimate of drug-likeness (QED) is 0.671. The Bertz CT molecular complexity index is 798. The third-order valence-electron chi connectivity index (χ3n) is 3.62. The topological polar surface area (TPSA) is 62.2 Å². The van der Waals surface area contributed by atoms with Gasteiger partial charge in [0.1, 0.15) is 16.5 Å². The smallest absolute Gasteiger partial charge is 0.270 e. The van der Waals surface area contributed by atoms with Crippen LogP contribution in [0.2, 0.25) is 0 Å². The van der Waals surface area contributed by atoms with E-state index in [0.29, 0.717) is 12.2 Å². The molecule has 0 saturated heterocycles. The summed E-state index contributed by atoms with van der Waals surface area (Å²) in [5.41, 5.74) is 2.60. The molecule has 0 bridgehead atoms. The molecule has 3 rings (SSSR count). The number of rotatable bonds is 6. The van der Waals surface area contributed by atoms with E-state index in [-0.39, 0.29) is 11.7 Å². The average molecular weight is 338 g/mol. The van der Waals surface area contributed by atoms with Crippen molar-refractivity contribution in [2.24, 2.45) is 0 Å². The second-order valence-electron chi connectivity index (χ2n) is 5.43. The molecule has 122 valence electrons. The lowest BCUT2D eigenvalue weighted by Crippen LogP contribution is -2.25. The third-order valence-corrected chi connectivity index (χ3v) is 4.51. The summed E-state index contributed by atoms with van der Waals surface area (Å²) >= 11 is 1.42. The number of carbonyl (C=O) groups is 1. The Kier molecular flexibility index (Phi) is 5.23. The molecule has 0 aliphatic carbocycles. The molecule has 0 saturated carbocycles. The molecule has 2 N–H and O–H groups in total. The Morgan fingerprint density at radius 2 is 1.83 bits per heavy atom.